The molecule has 0 radical (unpaired) electrons. The minimum atomic E-state index is -0.380. The number of aromatic hydroxyl groups is 1. The minimum absolute atomic E-state index is 0.149. The van der Waals surface area contributed by atoms with Crippen LogP contribution in [0.1, 0.15) is 83.9 Å². The van der Waals surface area contributed by atoms with Gasteiger partial charge in [0.15, 0.2) is 0 Å². The standard InChI is InChI=1S/C23H41NO3/c1-22(2,3)19-15-17(16-20(21(19)27)23(4,5)6)14-18(26)10-9-12-24-11-7-8-13-25/h15-16,18,24-27H,7-14H2,1-6H3. The highest BCUT2D eigenvalue weighted by molar-refractivity contribution is 5.50. The van der Waals surface area contributed by atoms with Crippen LogP contribution < -0.4 is 5.32 Å². The van der Waals surface area contributed by atoms with Crippen LogP contribution in [0.15, 0.2) is 12.1 Å². The van der Waals surface area contributed by atoms with Gasteiger partial charge in [-0.1, -0.05) is 53.7 Å². The predicted molar refractivity (Wildman–Crippen MR) is 114 cm³/mol. The molecule has 0 spiro atoms. The summed E-state index contributed by atoms with van der Waals surface area (Å²) in [5, 5.41) is 33.4. The first kappa shape index (κ1) is 23.9. The van der Waals surface area contributed by atoms with Gasteiger partial charge in [0.25, 0.3) is 0 Å². The van der Waals surface area contributed by atoms with E-state index in [4.69, 9.17) is 5.11 Å². The molecule has 4 nitrogen and oxygen atoms in total. The van der Waals surface area contributed by atoms with Crippen LogP contribution in [0.4, 0.5) is 0 Å². The molecular weight excluding hydrogens is 338 g/mol. The third kappa shape index (κ3) is 8.20. The van der Waals surface area contributed by atoms with Crippen molar-refractivity contribution in [3.05, 3.63) is 28.8 Å². The maximum absolute atomic E-state index is 10.8. The predicted octanol–water partition coefficient (Wildman–Crippen LogP) is 4.03. The van der Waals surface area contributed by atoms with Crippen molar-refractivity contribution >= 4 is 0 Å². The summed E-state index contributed by atoms with van der Waals surface area (Å²) in [6, 6.07) is 4.11. The van der Waals surface area contributed by atoms with Crippen molar-refractivity contribution in [3.63, 3.8) is 0 Å². The summed E-state index contributed by atoms with van der Waals surface area (Å²) in [4.78, 5) is 0. The van der Waals surface area contributed by atoms with Gasteiger partial charge in [-0.15, -0.1) is 0 Å². The van der Waals surface area contributed by atoms with Gasteiger partial charge in [0.05, 0.1) is 6.10 Å². The summed E-state index contributed by atoms with van der Waals surface area (Å²) in [6.07, 6.45) is 3.73. The van der Waals surface area contributed by atoms with Gasteiger partial charge in [-0.25, -0.2) is 0 Å². The van der Waals surface area contributed by atoms with Crippen molar-refractivity contribution in [3.8, 4) is 5.75 Å². The maximum Gasteiger partial charge on any atom is 0.123 e. The highest BCUT2D eigenvalue weighted by atomic mass is 16.3. The Morgan fingerprint density at radius 1 is 0.889 bits per heavy atom. The SMILES string of the molecule is CC(C)(C)c1cc(CC(O)CCCNCCCCO)cc(C(C)(C)C)c1O. The van der Waals surface area contributed by atoms with Gasteiger partial charge in [0.1, 0.15) is 5.75 Å². The van der Waals surface area contributed by atoms with E-state index in [9.17, 15) is 10.2 Å². The van der Waals surface area contributed by atoms with Crippen LogP contribution in [0, 0.1) is 0 Å². The first-order valence-electron chi connectivity index (χ1n) is 10.3. The van der Waals surface area contributed by atoms with Crippen molar-refractivity contribution < 1.29 is 15.3 Å². The molecule has 0 aromatic heterocycles. The van der Waals surface area contributed by atoms with Gasteiger partial charge in [-0.3, -0.25) is 0 Å². The zero-order chi connectivity index (χ0) is 20.7. The molecule has 1 aromatic carbocycles. The fourth-order valence-corrected chi connectivity index (χ4v) is 3.28. The number of hydrogen-bond donors (Lipinski definition) is 4. The third-order valence-corrected chi connectivity index (χ3v) is 4.91. The number of unbranched alkanes of at least 4 members (excludes halogenated alkanes) is 1. The van der Waals surface area contributed by atoms with E-state index in [1.54, 1.807) is 0 Å². The number of phenolic OH excluding ortho intramolecular Hbond substituents is 1. The van der Waals surface area contributed by atoms with E-state index in [1.807, 2.05) is 0 Å². The molecule has 0 aliphatic rings. The van der Waals surface area contributed by atoms with Gasteiger partial charge in [-0.2, -0.15) is 0 Å². The number of phenols is 1. The molecule has 0 fully saturated rings. The highest BCUT2D eigenvalue weighted by Crippen LogP contribution is 2.40. The normalized spacial score (nSPS) is 13.8. The Morgan fingerprint density at radius 2 is 1.41 bits per heavy atom. The molecule has 4 heteroatoms. The number of aliphatic hydroxyl groups is 2. The second kappa shape index (κ2) is 10.4. The van der Waals surface area contributed by atoms with Gasteiger partial charge in [0.2, 0.25) is 0 Å². The average Bonchev–Trinajstić information content (AvgIpc) is 2.53. The Bertz CT molecular complexity index is 535. The Balaban J connectivity index is 2.73. The molecule has 4 N–H and O–H groups in total. The molecule has 0 saturated carbocycles. The number of benzene rings is 1. The number of rotatable bonds is 10. The zero-order valence-corrected chi connectivity index (χ0v) is 18.2. The molecular formula is C23H41NO3. The summed E-state index contributed by atoms with van der Waals surface area (Å²) in [5.41, 5.74) is 2.68. The second-order valence-corrected chi connectivity index (χ2v) is 9.72. The van der Waals surface area contributed by atoms with Gasteiger partial charge < -0.3 is 20.6 Å². The van der Waals surface area contributed by atoms with E-state index >= 15 is 0 Å². The van der Waals surface area contributed by atoms with Crippen LogP contribution in [0.2, 0.25) is 0 Å². The fourth-order valence-electron chi connectivity index (χ4n) is 3.28. The lowest BCUT2D eigenvalue weighted by Crippen LogP contribution is -2.21. The molecule has 0 heterocycles. The molecule has 1 atom stereocenters. The quantitative estimate of drug-likeness (QED) is 0.463. The van der Waals surface area contributed by atoms with E-state index in [0.29, 0.717) is 12.2 Å². The molecule has 1 aromatic rings. The number of nitrogens with one attached hydrogen (secondary N) is 1. The smallest absolute Gasteiger partial charge is 0.123 e. The number of hydrogen-bond acceptors (Lipinski definition) is 4. The fraction of sp³-hybridized carbons (Fsp3) is 0.739. The lowest BCUT2D eigenvalue weighted by Gasteiger charge is -2.28. The zero-order valence-electron chi connectivity index (χ0n) is 18.2. The van der Waals surface area contributed by atoms with E-state index in [0.717, 1.165) is 55.5 Å². The van der Waals surface area contributed by atoms with Gasteiger partial charge >= 0.3 is 0 Å². The summed E-state index contributed by atoms with van der Waals surface area (Å²) in [5.74, 6) is 0.389. The van der Waals surface area contributed by atoms with Crippen LogP contribution in [-0.4, -0.2) is 41.1 Å². The van der Waals surface area contributed by atoms with E-state index < -0.39 is 0 Å². The Hall–Kier alpha value is -1.10. The van der Waals surface area contributed by atoms with Crippen molar-refractivity contribution in [2.24, 2.45) is 0 Å². The van der Waals surface area contributed by atoms with Crippen LogP contribution in [-0.2, 0) is 17.3 Å². The van der Waals surface area contributed by atoms with Crippen LogP contribution in [0.3, 0.4) is 0 Å². The largest absolute Gasteiger partial charge is 0.507 e. The first-order valence-corrected chi connectivity index (χ1v) is 10.3. The third-order valence-electron chi connectivity index (χ3n) is 4.91. The summed E-state index contributed by atoms with van der Waals surface area (Å²) < 4.78 is 0. The lowest BCUT2D eigenvalue weighted by atomic mass is 9.78. The second-order valence-electron chi connectivity index (χ2n) is 9.72. The Morgan fingerprint density at radius 3 is 1.89 bits per heavy atom. The molecule has 0 amide bonds. The molecule has 1 unspecified atom stereocenters. The summed E-state index contributed by atoms with van der Waals surface area (Å²) in [6.45, 7) is 14.7. The van der Waals surface area contributed by atoms with Gasteiger partial charge in [0, 0.05) is 6.61 Å². The van der Waals surface area contributed by atoms with Crippen LogP contribution in [0.25, 0.3) is 0 Å². The molecule has 0 aliphatic carbocycles. The van der Waals surface area contributed by atoms with Crippen molar-refractivity contribution in [1.29, 1.82) is 0 Å². The Labute approximate surface area is 166 Å². The van der Waals surface area contributed by atoms with Crippen LogP contribution >= 0.6 is 0 Å². The van der Waals surface area contributed by atoms with E-state index in [1.165, 1.54) is 0 Å². The molecule has 1 rings (SSSR count). The molecule has 0 bridgehead atoms. The van der Waals surface area contributed by atoms with Crippen LogP contribution in [0.5, 0.6) is 5.75 Å². The van der Waals surface area contributed by atoms with Gasteiger partial charge in [-0.05, 0) is 72.7 Å². The minimum Gasteiger partial charge on any atom is -0.507 e. The average molecular weight is 380 g/mol. The lowest BCUT2D eigenvalue weighted by molar-refractivity contribution is 0.161. The van der Waals surface area contributed by atoms with Crippen molar-refractivity contribution in [2.45, 2.75) is 90.6 Å². The number of aliphatic hydroxyl groups excluding tert-OH is 2. The van der Waals surface area contributed by atoms with E-state index in [-0.39, 0.29) is 23.5 Å². The van der Waals surface area contributed by atoms with Crippen molar-refractivity contribution in [2.75, 3.05) is 19.7 Å². The summed E-state index contributed by atoms with van der Waals surface area (Å²) >= 11 is 0. The maximum atomic E-state index is 10.8. The van der Waals surface area contributed by atoms with Crippen molar-refractivity contribution in [1.82, 2.24) is 5.32 Å². The topological polar surface area (TPSA) is 72.7 Å². The molecule has 0 aliphatic heterocycles. The highest BCUT2D eigenvalue weighted by Gasteiger charge is 2.26. The molecule has 0 saturated heterocycles. The molecule has 156 valence electrons. The molecule has 27 heavy (non-hydrogen) atoms. The summed E-state index contributed by atoms with van der Waals surface area (Å²) in [7, 11) is 0. The Kier molecular flexibility index (Phi) is 9.26. The first-order chi connectivity index (χ1) is 12.5. The monoisotopic (exact) mass is 379 g/mol. The van der Waals surface area contributed by atoms with E-state index in [2.05, 4.69) is 59.0 Å².